The van der Waals surface area contributed by atoms with Crippen molar-refractivity contribution in [2.75, 3.05) is 20.3 Å². The highest BCUT2D eigenvalue weighted by Gasteiger charge is 2.33. The van der Waals surface area contributed by atoms with Crippen molar-refractivity contribution in [3.05, 3.63) is 53.9 Å². The lowest BCUT2D eigenvalue weighted by molar-refractivity contribution is -0.604. The second-order valence-electron chi connectivity index (χ2n) is 6.07. The zero-order valence-electron chi connectivity index (χ0n) is 16.1. The van der Waals surface area contributed by atoms with Crippen LogP contribution in [0.25, 0.3) is 16.8 Å². The summed E-state index contributed by atoms with van der Waals surface area (Å²) in [5, 5.41) is 0. The molecule has 3 rings (SSSR count). The molecular formula is C22H26NO3+. The van der Waals surface area contributed by atoms with Crippen LogP contribution in [0.4, 0.5) is 0 Å². The van der Waals surface area contributed by atoms with E-state index in [1.807, 2.05) is 44.2 Å². The quantitative estimate of drug-likeness (QED) is 0.613. The van der Waals surface area contributed by atoms with Crippen LogP contribution in [0.1, 0.15) is 25.2 Å². The standard InChI is InChI=1S/C22H26NO3/c1-6-25-19-9-8-10-20(26-7-2)22-16(4)23(15(3)21(19)22)17-11-13-18(24-5)14-12-17/h8-14H,6-7H2,1-5H3/q+1. The number of hydrogen-bond acceptors (Lipinski definition) is 3. The van der Waals surface area contributed by atoms with Crippen molar-refractivity contribution < 1.29 is 18.8 Å². The van der Waals surface area contributed by atoms with Gasteiger partial charge in [-0.3, -0.25) is 0 Å². The van der Waals surface area contributed by atoms with Crippen molar-refractivity contribution in [1.29, 1.82) is 0 Å². The lowest BCUT2D eigenvalue weighted by Gasteiger charge is -2.06. The van der Waals surface area contributed by atoms with E-state index in [9.17, 15) is 0 Å². The maximum Gasteiger partial charge on any atom is 0.211 e. The third-order valence-electron chi connectivity index (χ3n) is 4.56. The third-order valence-corrected chi connectivity index (χ3v) is 4.56. The van der Waals surface area contributed by atoms with E-state index in [0.29, 0.717) is 13.2 Å². The van der Waals surface area contributed by atoms with Gasteiger partial charge in [0.15, 0.2) is 11.4 Å². The summed E-state index contributed by atoms with van der Waals surface area (Å²) in [7, 11) is 1.68. The van der Waals surface area contributed by atoms with E-state index in [1.54, 1.807) is 7.11 Å². The Labute approximate surface area is 155 Å². The molecule has 1 aliphatic carbocycles. The molecule has 2 aliphatic rings. The summed E-state index contributed by atoms with van der Waals surface area (Å²) >= 11 is 0. The summed E-state index contributed by atoms with van der Waals surface area (Å²) in [6.07, 6.45) is 0. The Morgan fingerprint density at radius 2 is 1.27 bits per heavy atom. The van der Waals surface area contributed by atoms with Gasteiger partial charge in [-0.05, 0) is 38.1 Å². The Morgan fingerprint density at radius 3 is 1.69 bits per heavy atom. The Kier molecular flexibility index (Phi) is 5.31. The molecule has 136 valence electrons. The minimum atomic E-state index is 0.620. The Hall–Kier alpha value is -2.75. The molecule has 1 heterocycles. The number of rotatable bonds is 6. The van der Waals surface area contributed by atoms with Crippen molar-refractivity contribution in [3.63, 3.8) is 0 Å². The van der Waals surface area contributed by atoms with Gasteiger partial charge in [-0.1, -0.05) is 6.07 Å². The largest absolute Gasteiger partial charge is 0.497 e. The summed E-state index contributed by atoms with van der Waals surface area (Å²) in [6, 6.07) is 14.1. The first-order valence-electron chi connectivity index (χ1n) is 9.00. The zero-order valence-corrected chi connectivity index (χ0v) is 16.1. The smallest absolute Gasteiger partial charge is 0.211 e. The molecule has 0 fully saturated rings. The first kappa shape index (κ1) is 18.1. The summed E-state index contributed by atoms with van der Waals surface area (Å²) < 4.78 is 19.4. The van der Waals surface area contributed by atoms with Crippen LogP contribution >= 0.6 is 0 Å². The van der Waals surface area contributed by atoms with Gasteiger partial charge in [0, 0.05) is 26.0 Å². The van der Waals surface area contributed by atoms with Crippen LogP contribution < -0.4 is 18.8 Å². The van der Waals surface area contributed by atoms with Crippen molar-refractivity contribution >= 4 is 0 Å². The third kappa shape index (κ3) is 3.07. The van der Waals surface area contributed by atoms with E-state index in [-0.39, 0.29) is 0 Å². The highest BCUT2D eigenvalue weighted by molar-refractivity contribution is 5.80. The Morgan fingerprint density at radius 1 is 0.769 bits per heavy atom. The van der Waals surface area contributed by atoms with Crippen LogP contribution in [0.15, 0.2) is 42.5 Å². The summed E-state index contributed by atoms with van der Waals surface area (Å²) in [5.41, 5.74) is 5.53. The molecule has 4 heteroatoms. The Bertz CT molecular complexity index is 825. The van der Waals surface area contributed by atoms with Crippen molar-refractivity contribution in [3.8, 4) is 34.1 Å². The van der Waals surface area contributed by atoms with Crippen LogP contribution in [0.5, 0.6) is 17.2 Å². The van der Waals surface area contributed by atoms with Gasteiger partial charge in [0.2, 0.25) is 5.69 Å². The second kappa shape index (κ2) is 7.65. The fraction of sp³-hybridized carbons (Fsp3) is 0.318. The fourth-order valence-electron chi connectivity index (χ4n) is 3.50. The molecule has 0 radical (unpaired) electrons. The fourth-order valence-corrected chi connectivity index (χ4v) is 3.50. The minimum absolute atomic E-state index is 0.620. The van der Waals surface area contributed by atoms with Crippen molar-refractivity contribution in [2.45, 2.75) is 27.7 Å². The van der Waals surface area contributed by atoms with Gasteiger partial charge in [-0.2, -0.15) is 4.57 Å². The Balaban J connectivity index is 2.30. The molecule has 0 saturated carbocycles. The van der Waals surface area contributed by atoms with Crippen LogP contribution in [0.2, 0.25) is 0 Å². The molecule has 1 aromatic carbocycles. The average Bonchev–Trinajstić information content (AvgIpc) is 2.79. The predicted octanol–water partition coefficient (Wildman–Crippen LogP) is 4.49. The topological polar surface area (TPSA) is 31.6 Å². The normalized spacial score (nSPS) is 10.8. The number of nitrogens with zero attached hydrogens (tertiary/aromatic N) is 1. The van der Waals surface area contributed by atoms with E-state index >= 15 is 0 Å². The molecule has 0 N–H and O–H groups in total. The maximum absolute atomic E-state index is 5.94. The number of fused-ring (bicyclic) bond motifs is 1. The average molecular weight is 352 g/mol. The molecule has 0 aromatic heterocycles. The summed E-state index contributed by atoms with van der Waals surface area (Å²) in [5.74, 6) is 2.60. The predicted molar refractivity (Wildman–Crippen MR) is 103 cm³/mol. The van der Waals surface area contributed by atoms with Crippen molar-refractivity contribution in [2.24, 2.45) is 0 Å². The second-order valence-corrected chi connectivity index (χ2v) is 6.07. The highest BCUT2D eigenvalue weighted by Crippen LogP contribution is 2.42. The molecule has 1 aliphatic heterocycles. The molecule has 0 amide bonds. The van der Waals surface area contributed by atoms with Crippen LogP contribution in [0, 0.1) is 13.8 Å². The monoisotopic (exact) mass is 352 g/mol. The molecule has 1 aromatic rings. The van der Waals surface area contributed by atoms with Gasteiger partial charge in [0.1, 0.15) is 28.4 Å². The van der Waals surface area contributed by atoms with E-state index in [1.165, 1.54) is 0 Å². The molecule has 0 saturated heterocycles. The van der Waals surface area contributed by atoms with Gasteiger partial charge in [0.05, 0.1) is 20.3 Å². The first-order chi connectivity index (χ1) is 12.6. The van der Waals surface area contributed by atoms with Gasteiger partial charge in [-0.25, -0.2) is 0 Å². The molecular weight excluding hydrogens is 326 g/mol. The first-order valence-corrected chi connectivity index (χ1v) is 9.00. The van der Waals surface area contributed by atoms with Crippen molar-refractivity contribution in [1.82, 2.24) is 0 Å². The van der Waals surface area contributed by atoms with E-state index in [2.05, 4.69) is 30.5 Å². The maximum atomic E-state index is 5.94. The SMILES string of the molecule is CCOc1cccc(OCC)c2c(C)[n+](-c3ccc(OC)cc3)c(C)c1-2. The van der Waals surface area contributed by atoms with Crippen LogP contribution in [0.3, 0.4) is 0 Å². The van der Waals surface area contributed by atoms with E-state index < -0.39 is 0 Å². The van der Waals surface area contributed by atoms with Gasteiger partial charge < -0.3 is 14.2 Å². The molecule has 0 spiro atoms. The molecule has 4 nitrogen and oxygen atoms in total. The molecule has 0 unspecified atom stereocenters. The van der Waals surface area contributed by atoms with Crippen LogP contribution in [-0.4, -0.2) is 20.3 Å². The number of benzene rings is 1. The highest BCUT2D eigenvalue weighted by atomic mass is 16.5. The number of ether oxygens (including phenoxy) is 3. The zero-order chi connectivity index (χ0) is 18.7. The van der Waals surface area contributed by atoms with E-state index in [0.717, 1.165) is 45.5 Å². The lowest BCUT2D eigenvalue weighted by atomic mass is 10.1. The van der Waals surface area contributed by atoms with Gasteiger partial charge in [0.25, 0.3) is 0 Å². The number of aromatic nitrogens is 1. The minimum Gasteiger partial charge on any atom is -0.497 e. The molecule has 26 heavy (non-hydrogen) atoms. The number of methoxy groups -OCH3 is 1. The molecule has 0 bridgehead atoms. The lowest BCUT2D eigenvalue weighted by Crippen LogP contribution is -2.34. The van der Waals surface area contributed by atoms with Gasteiger partial charge >= 0.3 is 0 Å². The van der Waals surface area contributed by atoms with E-state index in [4.69, 9.17) is 14.2 Å². The summed E-state index contributed by atoms with van der Waals surface area (Å²) in [6.45, 7) is 9.50. The summed E-state index contributed by atoms with van der Waals surface area (Å²) in [4.78, 5) is 0. The molecule has 0 atom stereocenters. The van der Waals surface area contributed by atoms with Gasteiger partial charge in [-0.15, -0.1) is 0 Å². The van der Waals surface area contributed by atoms with Crippen LogP contribution in [-0.2, 0) is 0 Å². The number of hydrogen-bond donors (Lipinski definition) is 0.